The van der Waals surface area contributed by atoms with E-state index in [4.69, 9.17) is 9.94 Å². The number of amides is 1. The lowest BCUT2D eigenvalue weighted by atomic mass is 10.1. The van der Waals surface area contributed by atoms with Gasteiger partial charge >= 0.3 is 5.97 Å². The van der Waals surface area contributed by atoms with Crippen LogP contribution in [-0.2, 0) is 21.0 Å². The number of aliphatic carboxylic acids is 1. The van der Waals surface area contributed by atoms with Gasteiger partial charge in [-0.2, -0.15) is 0 Å². The second-order valence-electron chi connectivity index (χ2n) is 3.95. The topological polar surface area (TPSA) is 119 Å². The molecular formula is C10H13N5O4. The molecule has 2 rings (SSSR count). The zero-order chi connectivity index (χ0) is 13.7. The molecule has 0 spiro atoms. The van der Waals surface area contributed by atoms with Gasteiger partial charge in [-0.25, -0.2) is 4.79 Å². The van der Waals surface area contributed by atoms with Crippen LogP contribution in [0.25, 0.3) is 0 Å². The zero-order valence-corrected chi connectivity index (χ0v) is 10.0. The number of carbonyl (C=O) groups is 2. The van der Waals surface area contributed by atoms with E-state index < -0.39 is 12.1 Å². The van der Waals surface area contributed by atoms with Gasteiger partial charge in [0, 0.05) is 25.7 Å². The van der Waals surface area contributed by atoms with Gasteiger partial charge < -0.3 is 15.3 Å². The van der Waals surface area contributed by atoms with Crippen LogP contribution in [0, 0.1) is 0 Å². The first-order chi connectivity index (χ1) is 9.16. The normalized spacial score (nSPS) is 17.7. The third-order valence-electron chi connectivity index (χ3n) is 2.54. The largest absolute Gasteiger partial charge is 0.477 e. The Bertz CT molecular complexity index is 484. The number of hydrogen-bond acceptors (Lipinski definition) is 6. The number of nitrogens with zero attached hydrogens (tertiary/aromatic N) is 4. The van der Waals surface area contributed by atoms with Gasteiger partial charge in [-0.15, -0.1) is 5.10 Å². The highest BCUT2D eigenvalue weighted by atomic mass is 16.6. The number of oxime groups is 1. The van der Waals surface area contributed by atoms with Crippen molar-refractivity contribution < 1.29 is 19.5 Å². The first-order valence-corrected chi connectivity index (χ1v) is 5.74. The molecule has 0 aromatic carbocycles. The molecule has 102 valence electrons. The van der Waals surface area contributed by atoms with E-state index in [1.165, 1.54) is 0 Å². The highest BCUT2D eigenvalue weighted by Gasteiger charge is 2.31. The molecule has 9 nitrogen and oxygen atoms in total. The summed E-state index contributed by atoms with van der Waals surface area (Å²) in [4.78, 5) is 27.0. The standard InChI is InChI=1S/C10H13N5O4/c16-9(8-6-7(10(17)18)13-19-8)11-2-1-4-15-5-3-12-14-15/h3,5,8H,1-2,4,6H2,(H,11,16)(H,17,18). The molecule has 0 bridgehead atoms. The molecule has 1 amide bonds. The quantitative estimate of drug-likeness (QED) is 0.639. The number of carbonyl (C=O) groups excluding carboxylic acids is 1. The smallest absolute Gasteiger partial charge is 0.353 e. The summed E-state index contributed by atoms with van der Waals surface area (Å²) >= 11 is 0. The van der Waals surface area contributed by atoms with Crippen LogP contribution in [0.5, 0.6) is 0 Å². The molecule has 0 fully saturated rings. The summed E-state index contributed by atoms with van der Waals surface area (Å²) < 4.78 is 1.66. The van der Waals surface area contributed by atoms with Gasteiger partial charge in [0.25, 0.3) is 5.91 Å². The minimum Gasteiger partial charge on any atom is -0.477 e. The third-order valence-corrected chi connectivity index (χ3v) is 2.54. The maximum atomic E-state index is 11.6. The molecular weight excluding hydrogens is 254 g/mol. The molecule has 19 heavy (non-hydrogen) atoms. The van der Waals surface area contributed by atoms with Crippen LogP contribution in [0.1, 0.15) is 12.8 Å². The van der Waals surface area contributed by atoms with E-state index in [2.05, 4.69) is 20.8 Å². The molecule has 2 heterocycles. The van der Waals surface area contributed by atoms with Crippen molar-refractivity contribution in [2.24, 2.45) is 5.16 Å². The summed E-state index contributed by atoms with van der Waals surface area (Å²) in [5.41, 5.74) is -0.136. The molecule has 1 atom stereocenters. The predicted molar refractivity (Wildman–Crippen MR) is 62.2 cm³/mol. The summed E-state index contributed by atoms with van der Waals surface area (Å²) in [5, 5.41) is 22.1. The van der Waals surface area contributed by atoms with Crippen molar-refractivity contribution >= 4 is 17.6 Å². The van der Waals surface area contributed by atoms with Crippen molar-refractivity contribution in [1.82, 2.24) is 20.3 Å². The van der Waals surface area contributed by atoms with Crippen LogP contribution in [0.2, 0.25) is 0 Å². The summed E-state index contributed by atoms with van der Waals surface area (Å²) in [6.07, 6.45) is 3.14. The summed E-state index contributed by atoms with van der Waals surface area (Å²) in [5.74, 6) is -1.53. The van der Waals surface area contributed by atoms with Crippen LogP contribution in [0.3, 0.4) is 0 Å². The Kier molecular flexibility index (Phi) is 4.06. The Balaban J connectivity index is 1.64. The van der Waals surface area contributed by atoms with Crippen molar-refractivity contribution in [3.05, 3.63) is 12.4 Å². The van der Waals surface area contributed by atoms with E-state index in [9.17, 15) is 9.59 Å². The molecule has 0 saturated carbocycles. The van der Waals surface area contributed by atoms with Gasteiger partial charge in [0.15, 0.2) is 5.71 Å². The van der Waals surface area contributed by atoms with E-state index in [1.807, 2.05) is 0 Å². The molecule has 1 aliphatic rings. The van der Waals surface area contributed by atoms with E-state index in [-0.39, 0.29) is 18.0 Å². The lowest BCUT2D eigenvalue weighted by Crippen LogP contribution is -2.36. The monoisotopic (exact) mass is 267 g/mol. The van der Waals surface area contributed by atoms with E-state index in [1.54, 1.807) is 17.1 Å². The first kappa shape index (κ1) is 13.0. The number of aromatic nitrogens is 3. The van der Waals surface area contributed by atoms with Gasteiger partial charge in [0.1, 0.15) is 0 Å². The fourth-order valence-electron chi connectivity index (χ4n) is 1.56. The number of nitrogens with one attached hydrogen (secondary N) is 1. The second-order valence-corrected chi connectivity index (χ2v) is 3.95. The van der Waals surface area contributed by atoms with Crippen molar-refractivity contribution in [3.8, 4) is 0 Å². The molecule has 9 heteroatoms. The zero-order valence-electron chi connectivity index (χ0n) is 10.0. The highest BCUT2D eigenvalue weighted by Crippen LogP contribution is 2.10. The molecule has 1 unspecified atom stereocenters. The fourth-order valence-corrected chi connectivity index (χ4v) is 1.56. The lowest BCUT2D eigenvalue weighted by Gasteiger charge is -2.08. The number of hydrogen-bond donors (Lipinski definition) is 2. The van der Waals surface area contributed by atoms with E-state index in [0.29, 0.717) is 19.5 Å². The minimum absolute atomic E-state index is 0.00968. The lowest BCUT2D eigenvalue weighted by molar-refractivity contribution is -0.131. The second kappa shape index (κ2) is 5.94. The van der Waals surface area contributed by atoms with Crippen molar-refractivity contribution in [2.45, 2.75) is 25.5 Å². The summed E-state index contributed by atoms with van der Waals surface area (Å²) in [7, 11) is 0. The van der Waals surface area contributed by atoms with Crippen molar-refractivity contribution in [2.75, 3.05) is 6.54 Å². The average molecular weight is 267 g/mol. The van der Waals surface area contributed by atoms with Gasteiger partial charge in [-0.05, 0) is 6.42 Å². The van der Waals surface area contributed by atoms with Crippen molar-refractivity contribution in [1.29, 1.82) is 0 Å². The van der Waals surface area contributed by atoms with Crippen LogP contribution in [0.15, 0.2) is 17.5 Å². The average Bonchev–Trinajstić information content (AvgIpc) is 3.05. The Hall–Kier alpha value is -2.45. The minimum atomic E-state index is -1.17. The molecule has 0 saturated heterocycles. The molecule has 1 aliphatic heterocycles. The van der Waals surface area contributed by atoms with Gasteiger partial charge in [0.2, 0.25) is 6.10 Å². The summed E-state index contributed by atoms with van der Waals surface area (Å²) in [6.45, 7) is 1.09. The van der Waals surface area contributed by atoms with Crippen LogP contribution >= 0.6 is 0 Å². The molecule has 0 aliphatic carbocycles. The SMILES string of the molecule is O=C(O)C1=NOC(C(=O)NCCCn2ccnn2)C1. The molecule has 1 aromatic rings. The van der Waals surface area contributed by atoms with E-state index in [0.717, 1.165) is 0 Å². The van der Waals surface area contributed by atoms with Crippen molar-refractivity contribution in [3.63, 3.8) is 0 Å². The van der Waals surface area contributed by atoms with E-state index >= 15 is 0 Å². The Labute approximate surface area is 108 Å². The maximum Gasteiger partial charge on any atom is 0.353 e. The fraction of sp³-hybridized carbons (Fsp3) is 0.500. The van der Waals surface area contributed by atoms with Gasteiger partial charge in [0.05, 0.1) is 6.20 Å². The Morgan fingerprint density at radius 1 is 1.58 bits per heavy atom. The van der Waals surface area contributed by atoms with Gasteiger partial charge in [-0.3, -0.25) is 9.48 Å². The first-order valence-electron chi connectivity index (χ1n) is 5.74. The third kappa shape index (κ3) is 3.50. The predicted octanol–water partition coefficient (Wildman–Crippen LogP) is -0.986. The van der Waals surface area contributed by atoms with Crippen LogP contribution < -0.4 is 5.32 Å². The number of carboxylic acid groups (broad SMARTS) is 1. The summed E-state index contributed by atoms with van der Waals surface area (Å²) in [6, 6.07) is 0. The number of aryl methyl sites for hydroxylation is 1. The van der Waals surface area contributed by atoms with Crippen LogP contribution in [-0.4, -0.2) is 50.3 Å². The molecule has 0 radical (unpaired) electrons. The van der Waals surface area contributed by atoms with Gasteiger partial charge in [-0.1, -0.05) is 10.4 Å². The molecule has 1 aromatic heterocycles. The molecule has 2 N–H and O–H groups in total. The Morgan fingerprint density at radius 2 is 2.42 bits per heavy atom. The number of rotatable bonds is 6. The Morgan fingerprint density at radius 3 is 3.05 bits per heavy atom. The number of carboxylic acids is 1. The maximum absolute atomic E-state index is 11.6. The highest BCUT2D eigenvalue weighted by molar-refractivity contribution is 6.36. The van der Waals surface area contributed by atoms with Crippen LogP contribution in [0.4, 0.5) is 0 Å².